The number of anilines is 1. The molecule has 4 saturated carbocycles. The highest BCUT2D eigenvalue weighted by Gasteiger charge is 2.51. The molecule has 0 saturated heterocycles. The van der Waals surface area contributed by atoms with Gasteiger partial charge in [-0.15, -0.1) is 0 Å². The minimum atomic E-state index is -0.864. The van der Waals surface area contributed by atoms with E-state index in [0.717, 1.165) is 42.6 Å². The number of benzene rings is 1. The molecule has 0 aliphatic heterocycles. The van der Waals surface area contributed by atoms with Gasteiger partial charge in [-0.3, -0.25) is 14.4 Å². The van der Waals surface area contributed by atoms with Gasteiger partial charge < -0.3 is 10.6 Å². The van der Waals surface area contributed by atoms with Crippen LogP contribution in [0.2, 0.25) is 0 Å². The summed E-state index contributed by atoms with van der Waals surface area (Å²) in [5.41, 5.74) is 4.19. The monoisotopic (exact) mass is 410 g/mol. The molecule has 7 heteroatoms. The average Bonchev–Trinajstić information content (AvgIpc) is 2.64. The fourth-order valence-corrected chi connectivity index (χ4v) is 5.98. The first-order chi connectivity index (χ1) is 14.3. The number of carbonyl (C=O) groups is 3. The van der Waals surface area contributed by atoms with Crippen LogP contribution in [0.3, 0.4) is 0 Å². The zero-order valence-electron chi connectivity index (χ0n) is 17.7. The first kappa shape index (κ1) is 20.6. The van der Waals surface area contributed by atoms with Crippen LogP contribution < -0.4 is 16.1 Å². The lowest BCUT2D eigenvalue weighted by atomic mass is 9.53. The maximum absolute atomic E-state index is 12.6. The molecule has 4 fully saturated rings. The van der Waals surface area contributed by atoms with Gasteiger partial charge in [-0.05, 0) is 87.8 Å². The molecule has 1 aromatic carbocycles. The lowest BCUT2D eigenvalue weighted by molar-refractivity contribution is -0.136. The highest BCUT2D eigenvalue weighted by Crippen LogP contribution is 2.55. The highest BCUT2D eigenvalue weighted by molar-refractivity contribution is 6.39. The van der Waals surface area contributed by atoms with Crippen LogP contribution in [-0.4, -0.2) is 29.0 Å². The van der Waals surface area contributed by atoms with Gasteiger partial charge in [0.1, 0.15) is 0 Å². The fraction of sp³-hybridized carbons (Fsp3) is 0.565. The normalized spacial score (nSPS) is 29.4. The van der Waals surface area contributed by atoms with Crippen molar-refractivity contribution >= 4 is 29.1 Å². The van der Waals surface area contributed by atoms with Crippen LogP contribution in [0.5, 0.6) is 0 Å². The molecule has 0 unspecified atom stereocenters. The second-order valence-electron chi connectivity index (χ2n) is 9.53. The van der Waals surface area contributed by atoms with E-state index in [1.165, 1.54) is 19.3 Å². The summed E-state index contributed by atoms with van der Waals surface area (Å²) in [5, 5.41) is 9.76. The zero-order chi connectivity index (χ0) is 21.3. The van der Waals surface area contributed by atoms with Crippen LogP contribution in [0.1, 0.15) is 57.4 Å². The van der Waals surface area contributed by atoms with Gasteiger partial charge >= 0.3 is 11.8 Å². The molecule has 3 amide bonds. The van der Waals surface area contributed by atoms with Gasteiger partial charge in [0.05, 0.1) is 6.42 Å². The van der Waals surface area contributed by atoms with Gasteiger partial charge in [0.15, 0.2) is 0 Å². The van der Waals surface area contributed by atoms with Crippen LogP contribution in [0.15, 0.2) is 29.4 Å². The molecule has 4 aliphatic carbocycles. The molecule has 0 aromatic heterocycles. The number of hydrazone groups is 1. The summed E-state index contributed by atoms with van der Waals surface area (Å²) in [6, 6.07) is 7.18. The number of rotatable bonds is 5. The topological polar surface area (TPSA) is 99.7 Å². The van der Waals surface area contributed by atoms with Crippen LogP contribution in [0, 0.1) is 24.7 Å². The second-order valence-corrected chi connectivity index (χ2v) is 9.53. The summed E-state index contributed by atoms with van der Waals surface area (Å²) in [4.78, 5) is 36.6. The number of aryl methyl sites for hydroxylation is 1. The molecule has 4 bridgehead atoms. The maximum Gasteiger partial charge on any atom is 0.329 e. The Bertz CT molecular complexity index is 857. The minimum Gasteiger partial charge on any atom is -0.350 e. The molecule has 4 aliphatic rings. The third-order valence-electron chi connectivity index (χ3n) is 6.69. The molecule has 30 heavy (non-hydrogen) atoms. The summed E-state index contributed by atoms with van der Waals surface area (Å²) in [7, 11) is 0. The van der Waals surface area contributed by atoms with Gasteiger partial charge in [-0.2, -0.15) is 5.10 Å². The van der Waals surface area contributed by atoms with E-state index in [0.29, 0.717) is 11.4 Å². The number of nitrogens with zero attached hydrogens (tertiary/aromatic N) is 1. The zero-order valence-corrected chi connectivity index (χ0v) is 17.7. The Morgan fingerprint density at radius 3 is 2.27 bits per heavy atom. The summed E-state index contributed by atoms with van der Waals surface area (Å²) in [6.07, 6.45) is 7.37. The lowest BCUT2D eigenvalue weighted by Crippen LogP contribution is -2.60. The van der Waals surface area contributed by atoms with Gasteiger partial charge in [0, 0.05) is 16.9 Å². The van der Waals surface area contributed by atoms with Gasteiger partial charge in [-0.1, -0.05) is 12.1 Å². The molecule has 0 spiro atoms. The SMILES string of the molecule is C/C(CC(=O)NC12CC3CC(CC(C3)C1)C2)=N/NC(=O)C(=O)Nc1cccc(C)c1. The van der Waals surface area contributed by atoms with Crippen molar-refractivity contribution < 1.29 is 14.4 Å². The van der Waals surface area contributed by atoms with Crippen LogP contribution in [0.25, 0.3) is 0 Å². The summed E-state index contributed by atoms with van der Waals surface area (Å²) < 4.78 is 0. The third-order valence-corrected chi connectivity index (χ3v) is 6.69. The standard InChI is InChI=1S/C23H30N4O3/c1-14-4-3-5-19(6-14)24-21(29)22(30)27-26-15(2)7-20(28)25-23-11-16-8-17(12-23)10-18(9-16)13-23/h3-6,16-18H,7-13H2,1-2H3,(H,24,29)(H,25,28)(H,27,30)/b26-15-. The Kier molecular flexibility index (Phi) is 5.62. The highest BCUT2D eigenvalue weighted by atomic mass is 16.2. The van der Waals surface area contributed by atoms with E-state index in [1.54, 1.807) is 25.1 Å². The molecule has 0 heterocycles. The van der Waals surface area contributed by atoms with Crippen LogP contribution in [0.4, 0.5) is 5.69 Å². The van der Waals surface area contributed by atoms with Gasteiger partial charge in [-0.25, -0.2) is 5.43 Å². The third kappa shape index (κ3) is 4.71. The fourth-order valence-electron chi connectivity index (χ4n) is 5.98. The summed E-state index contributed by atoms with van der Waals surface area (Å²) >= 11 is 0. The molecule has 0 atom stereocenters. The van der Waals surface area contributed by atoms with E-state index in [1.807, 2.05) is 13.0 Å². The Hall–Kier alpha value is -2.70. The lowest BCUT2D eigenvalue weighted by Gasteiger charge is -2.56. The number of hydrogen-bond acceptors (Lipinski definition) is 4. The quantitative estimate of drug-likeness (QED) is 0.395. The van der Waals surface area contributed by atoms with Crippen LogP contribution in [-0.2, 0) is 14.4 Å². The predicted molar refractivity (Wildman–Crippen MR) is 115 cm³/mol. The molecule has 160 valence electrons. The van der Waals surface area contributed by atoms with Crippen molar-refractivity contribution in [3.8, 4) is 0 Å². The van der Waals surface area contributed by atoms with E-state index >= 15 is 0 Å². The summed E-state index contributed by atoms with van der Waals surface area (Å²) in [6.45, 7) is 3.58. The molecule has 7 nitrogen and oxygen atoms in total. The molecular formula is C23H30N4O3. The van der Waals surface area contributed by atoms with Crippen molar-refractivity contribution in [1.82, 2.24) is 10.7 Å². The largest absolute Gasteiger partial charge is 0.350 e. The van der Waals surface area contributed by atoms with Crippen LogP contribution >= 0.6 is 0 Å². The first-order valence-corrected chi connectivity index (χ1v) is 10.8. The number of carbonyl (C=O) groups excluding carboxylic acids is 3. The molecule has 0 radical (unpaired) electrons. The molecule has 1 aromatic rings. The van der Waals surface area contributed by atoms with Crippen molar-refractivity contribution in [2.75, 3.05) is 5.32 Å². The molecule has 5 rings (SSSR count). The number of nitrogens with one attached hydrogen (secondary N) is 3. The van der Waals surface area contributed by atoms with Crippen molar-refractivity contribution in [2.45, 2.75) is 64.3 Å². The van der Waals surface area contributed by atoms with E-state index in [-0.39, 0.29) is 17.9 Å². The average molecular weight is 411 g/mol. The predicted octanol–water partition coefficient (Wildman–Crippen LogP) is 2.90. The maximum atomic E-state index is 12.6. The van der Waals surface area contributed by atoms with E-state index < -0.39 is 11.8 Å². The number of hydrogen-bond donors (Lipinski definition) is 3. The molecular weight excluding hydrogens is 380 g/mol. The minimum absolute atomic E-state index is 0.0386. The van der Waals surface area contributed by atoms with Gasteiger partial charge in [0.2, 0.25) is 5.91 Å². The smallest absolute Gasteiger partial charge is 0.329 e. The first-order valence-electron chi connectivity index (χ1n) is 10.8. The Labute approximate surface area is 177 Å². The number of amides is 3. The van der Waals surface area contributed by atoms with E-state index in [9.17, 15) is 14.4 Å². The Balaban J connectivity index is 1.26. The Morgan fingerprint density at radius 2 is 1.67 bits per heavy atom. The van der Waals surface area contributed by atoms with Crippen molar-refractivity contribution in [2.24, 2.45) is 22.9 Å². The van der Waals surface area contributed by atoms with Crippen molar-refractivity contribution in [1.29, 1.82) is 0 Å². The van der Waals surface area contributed by atoms with Gasteiger partial charge in [0.25, 0.3) is 0 Å². The van der Waals surface area contributed by atoms with E-state index in [4.69, 9.17) is 0 Å². The summed E-state index contributed by atoms with van der Waals surface area (Å²) in [5.74, 6) is 0.566. The van der Waals surface area contributed by atoms with Crippen molar-refractivity contribution in [3.05, 3.63) is 29.8 Å². The molecule has 3 N–H and O–H groups in total. The van der Waals surface area contributed by atoms with Crippen molar-refractivity contribution in [3.63, 3.8) is 0 Å². The van der Waals surface area contributed by atoms with E-state index in [2.05, 4.69) is 21.2 Å². The second kappa shape index (κ2) is 8.20. The Morgan fingerprint density at radius 1 is 1.03 bits per heavy atom.